The molecule has 0 radical (unpaired) electrons. The Morgan fingerprint density at radius 3 is 2.05 bits per heavy atom. The molecule has 3 aromatic carbocycles. The van der Waals surface area contributed by atoms with Crippen LogP contribution in [0.1, 0.15) is 0 Å². The van der Waals surface area contributed by atoms with Crippen molar-refractivity contribution >= 4 is 50.7 Å². The lowest BCUT2D eigenvalue weighted by molar-refractivity contribution is 1.69. The van der Waals surface area contributed by atoms with Crippen molar-refractivity contribution in [2.75, 3.05) is 0 Å². The summed E-state index contributed by atoms with van der Waals surface area (Å²) in [5, 5.41) is 6.76. The van der Waals surface area contributed by atoms with E-state index in [1.807, 2.05) is 0 Å². The first-order valence-corrected chi connectivity index (χ1v) is 10.9. The minimum absolute atomic E-state index is 1.22. The lowest BCUT2D eigenvalue weighted by atomic mass is 10.0. The Bertz CT molecular complexity index is 769. The smallest absolute Gasteiger partial charge is 0.0656 e. The van der Waals surface area contributed by atoms with E-state index in [0.29, 0.717) is 0 Å². The van der Waals surface area contributed by atoms with E-state index in [1.165, 1.54) is 31.2 Å². The molecule has 19 heavy (non-hydrogen) atoms. The summed E-state index contributed by atoms with van der Waals surface area (Å²) in [6.45, 7) is 7.17. The van der Waals surface area contributed by atoms with Crippen LogP contribution in [0, 0.1) is 0 Å². The van der Waals surface area contributed by atoms with Crippen LogP contribution in [-0.2, 0) is 0 Å². The summed E-state index contributed by atoms with van der Waals surface area (Å²) in [6, 6.07) is 17.8. The van der Waals surface area contributed by atoms with Crippen LogP contribution in [0.3, 0.4) is 0 Å². The van der Waals surface area contributed by atoms with Gasteiger partial charge in [-0.05, 0) is 39.7 Å². The fourth-order valence-corrected chi connectivity index (χ4v) is 4.41. The van der Waals surface area contributed by atoms with E-state index in [1.54, 1.807) is 0 Å². The highest BCUT2D eigenvalue weighted by Crippen LogP contribution is 2.28. The first kappa shape index (κ1) is 12.9. The molecule has 0 aromatic heterocycles. The molecule has 0 saturated heterocycles. The molecule has 0 unspecified atom stereocenters. The van der Waals surface area contributed by atoms with Gasteiger partial charge in [0, 0.05) is 4.47 Å². The number of rotatable bonds is 1. The van der Waals surface area contributed by atoms with Gasteiger partial charge in [-0.15, -0.1) is 0 Å². The van der Waals surface area contributed by atoms with E-state index in [0.717, 1.165) is 0 Å². The normalized spacial score (nSPS) is 12.2. The largest absolute Gasteiger partial charge is 0.0776 e. The number of hydrogen-bond acceptors (Lipinski definition) is 0. The van der Waals surface area contributed by atoms with Gasteiger partial charge in [0.1, 0.15) is 0 Å². The first-order valence-electron chi connectivity index (χ1n) is 6.58. The molecule has 0 aliphatic carbocycles. The third kappa shape index (κ3) is 2.35. The molecule has 0 atom stereocenters. The van der Waals surface area contributed by atoms with Gasteiger partial charge < -0.3 is 0 Å². The van der Waals surface area contributed by atoms with E-state index in [-0.39, 0.29) is 0 Å². The standard InChI is InChI=1S/C17H17BrSi/c1-19(2,3)15-9-14-8-12-6-4-5-7-13(12)10-16(14)17(18)11-15/h4-11H,1-3H3. The molecule has 0 N–H and O–H groups in total. The van der Waals surface area contributed by atoms with Crippen molar-refractivity contribution in [3.05, 3.63) is 53.0 Å². The molecule has 3 rings (SSSR count). The highest BCUT2D eigenvalue weighted by atomic mass is 79.9. The predicted molar refractivity (Wildman–Crippen MR) is 92.1 cm³/mol. The van der Waals surface area contributed by atoms with Gasteiger partial charge >= 0.3 is 0 Å². The van der Waals surface area contributed by atoms with Crippen LogP contribution in [0.4, 0.5) is 0 Å². The van der Waals surface area contributed by atoms with Crippen LogP contribution in [-0.4, -0.2) is 8.07 Å². The predicted octanol–water partition coefficient (Wildman–Crippen LogP) is 5.30. The fraction of sp³-hybridized carbons (Fsp3) is 0.176. The molecule has 0 aliphatic heterocycles. The van der Waals surface area contributed by atoms with Gasteiger partial charge in [-0.2, -0.15) is 0 Å². The molecule has 0 nitrogen and oxygen atoms in total. The van der Waals surface area contributed by atoms with Gasteiger partial charge in [-0.1, -0.05) is 71.1 Å². The van der Waals surface area contributed by atoms with Gasteiger partial charge in [0.2, 0.25) is 0 Å². The second-order valence-electron chi connectivity index (χ2n) is 6.13. The molecule has 2 heteroatoms. The first-order chi connectivity index (χ1) is 8.95. The Morgan fingerprint density at radius 2 is 1.42 bits per heavy atom. The SMILES string of the molecule is C[Si](C)(C)c1cc(Br)c2cc3ccccc3cc2c1. The van der Waals surface area contributed by atoms with Crippen LogP contribution in [0.5, 0.6) is 0 Å². The van der Waals surface area contributed by atoms with Gasteiger partial charge in [0.25, 0.3) is 0 Å². The minimum Gasteiger partial charge on any atom is -0.0656 e. The number of benzene rings is 3. The Kier molecular flexibility index (Phi) is 3.03. The highest BCUT2D eigenvalue weighted by molar-refractivity contribution is 9.10. The zero-order chi connectivity index (χ0) is 13.6. The molecule has 0 spiro atoms. The highest BCUT2D eigenvalue weighted by Gasteiger charge is 2.17. The van der Waals surface area contributed by atoms with Crippen LogP contribution in [0.25, 0.3) is 21.5 Å². The molecule has 0 bridgehead atoms. The summed E-state index contributed by atoms with van der Waals surface area (Å²) in [6.07, 6.45) is 0. The molecule has 96 valence electrons. The van der Waals surface area contributed by atoms with E-state index in [4.69, 9.17) is 0 Å². The van der Waals surface area contributed by atoms with E-state index in [2.05, 4.69) is 84.1 Å². The summed E-state index contributed by atoms with van der Waals surface area (Å²) in [5.74, 6) is 0. The van der Waals surface area contributed by atoms with Crippen molar-refractivity contribution < 1.29 is 0 Å². The molecule has 0 amide bonds. The maximum absolute atomic E-state index is 3.75. The summed E-state index contributed by atoms with van der Waals surface area (Å²) in [5.41, 5.74) is 0. The second kappa shape index (κ2) is 4.46. The van der Waals surface area contributed by atoms with Gasteiger partial charge in [-0.25, -0.2) is 0 Å². The van der Waals surface area contributed by atoms with Crippen LogP contribution >= 0.6 is 15.9 Å². The summed E-state index contributed by atoms with van der Waals surface area (Å²) in [4.78, 5) is 0. The monoisotopic (exact) mass is 328 g/mol. The van der Waals surface area contributed by atoms with Gasteiger partial charge in [0.15, 0.2) is 0 Å². The number of hydrogen-bond donors (Lipinski definition) is 0. The van der Waals surface area contributed by atoms with Gasteiger partial charge in [-0.3, -0.25) is 0 Å². The number of fused-ring (bicyclic) bond motifs is 2. The fourth-order valence-electron chi connectivity index (χ4n) is 2.44. The molecule has 0 aliphatic rings. The average Bonchev–Trinajstić information content (AvgIpc) is 2.35. The third-order valence-electron chi connectivity index (χ3n) is 3.63. The molecule has 0 heterocycles. The molecule has 0 fully saturated rings. The Labute approximate surface area is 123 Å². The van der Waals surface area contributed by atoms with E-state index >= 15 is 0 Å². The summed E-state index contributed by atoms with van der Waals surface area (Å²) < 4.78 is 1.22. The molecular weight excluding hydrogens is 312 g/mol. The van der Waals surface area contributed by atoms with Crippen molar-refractivity contribution in [1.82, 2.24) is 0 Å². The van der Waals surface area contributed by atoms with Crippen LogP contribution in [0.2, 0.25) is 19.6 Å². The lowest BCUT2D eigenvalue weighted by Gasteiger charge is -2.18. The maximum Gasteiger partial charge on any atom is 0.0776 e. The maximum atomic E-state index is 3.75. The van der Waals surface area contributed by atoms with Crippen molar-refractivity contribution in [1.29, 1.82) is 0 Å². The quantitative estimate of drug-likeness (QED) is 0.420. The Hall–Kier alpha value is -1.12. The zero-order valence-corrected chi connectivity index (χ0v) is 14.1. The van der Waals surface area contributed by atoms with Crippen molar-refractivity contribution in [3.63, 3.8) is 0 Å². The summed E-state index contributed by atoms with van der Waals surface area (Å²) >= 11 is 3.75. The zero-order valence-electron chi connectivity index (χ0n) is 11.5. The molecular formula is C17H17BrSi. The van der Waals surface area contributed by atoms with E-state index in [9.17, 15) is 0 Å². The van der Waals surface area contributed by atoms with Crippen molar-refractivity contribution in [3.8, 4) is 0 Å². The van der Waals surface area contributed by atoms with Crippen LogP contribution in [0.15, 0.2) is 53.0 Å². The van der Waals surface area contributed by atoms with Gasteiger partial charge in [0.05, 0.1) is 8.07 Å². The van der Waals surface area contributed by atoms with Crippen molar-refractivity contribution in [2.24, 2.45) is 0 Å². The van der Waals surface area contributed by atoms with Crippen LogP contribution < -0.4 is 5.19 Å². The lowest BCUT2D eigenvalue weighted by Crippen LogP contribution is -2.37. The third-order valence-corrected chi connectivity index (χ3v) is 6.31. The molecule has 3 aromatic rings. The average molecular weight is 329 g/mol. The minimum atomic E-state index is -1.28. The topological polar surface area (TPSA) is 0 Å². The Balaban J connectivity index is 2.38. The molecule has 0 saturated carbocycles. The second-order valence-corrected chi connectivity index (χ2v) is 12.1. The summed E-state index contributed by atoms with van der Waals surface area (Å²) in [7, 11) is -1.28. The Morgan fingerprint density at radius 1 is 0.789 bits per heavy atom. The van der Waals surface area contributed by atoms with Crippen molar-refractivity contribution in [2.45, 2.75) is 19.6 Å². The number of halogens is 1. The van der Waals surface area contributed by atoms with E-state index < -0.39 is 8.07 Å².